The summed E-state index contributed by atoms with van der Waals surface area (Å²) in [6.07, 6.45) is 2.73. The van der Waals surface area contributed by atoms with Crippen molar-refractivity contribution in [2.24, 2.45) is 0 Å². The lowest BCUT2D eigenvalue weighted by molar-refractivity contribution is -0.119. The monoisotopic (exact) mass is 392 g/mol. The molecule has 138 valence electrons. The molecule has 2 heterocycles. The summed E-state index contributed by atoms with van der Waals surface area (Å²) in [6.45, 7) is 0. The Balaban J connectivity index is 1.44. The van der Waals surface area contributed by atoms with E-state index in [4.69, 9.17) is 0 Å². The Labute approximate surface area is 156 Å². The largest absolute Gasteiger partial charge is 0.352 e. The first-order valence-electron chi connectivity index (χ1n) is 8.65. The Morgan fingerprint density at radius 2 is 1.96 bits per heavy atom. The van der Waals surface area contributed by atoms with Gasteiger partial charge in [-0.1, -0.05) is 30.0 Å². The molecule has 2 aliphatic rings. The molecule has 1 aromatic heterocycles. The van der Waals surface area contributed by atoms with Crippen LogP contribution in [-0.4, -0.2) is 52.4 Å². The van der Waals surface area contributed by atoms with E-state index in [0.29, 0.717) is 17.5 Å². The van der Waals surface area contributed by atoms with E-state index in [1.54, 1.807) is 0 Å². The average Bonchev–Trinajstić information content (AvgIpc) is 3.29. The molecule has 1 atom stereocenters. The third-order valence-electron chi connectivity index (χ3n) is 4.55. The fourth-order valence-electron chi connectivity index (χ4n) is 3.11. The van der Waals surface area contributed by atoms with Crippen LogP contribution in [0.15, 0.2) is 35.5 Å². The van der Waals surface area contributed by atoms with Gasteiger partial charge in [-0.2, -0.15) is 0 Å². The second kappa shape index (κ2) is 7.03. The van der Waals surface area contributed by atoms with Crippen molar-refractivity contribution in [3.8, 4) is 5.69 Å². The van der Waals surface area contributed by atoms with Crippen LogP contribution in [0.3, 0.4) is 0 Å². The number of carbonyl (C=O) groups is 1. The molecule has 26 heavy (non-hydrogen) atoms. The number of hydrogen-bond acceptors (Lipinski definition) is 6. The zero-order valence-electron chi connectivity index (χ0n) is 14.2. The number of sulfone groups is 1. The van der Waals surface area contributed by atoms with Crippen molar-refractivity contribution >= 4 is 27.5 Å². The summed E-state index contributed by atoms with van der Waals surface area (Å²) >= 11 is 1.33. The zero-order chi connectivity index (χ0) is 18.1. The minimum absolute atomic E-state index is 0.0371. The van der Waals surface area contributed by atoms with Crippen LogP contribution in [0.5, 0.6) is 0 Å². The van der Waals surface area contributed by atoms with Gasteiger partial charge in [0, 0.05) is 17.6 Å². The molecule has 4 rings (SSSR count). The van der Waals surface area contributed by atoms with E-state index in [0.717, 1.165) is 24.4 Å². The second-order valence-corrected chi connectivity index (χ2v) is 9.91. The first kappa shape index (κ1) is 17.5. The van der Waals surface area contributed by atoms with Crippen LogP contribution in [0.4, 0.5) is 0 Å². The van der Waals surface area contributed by atoms with Crippen LogP contribution in [0.25, 0.3) is 5.69 Å². The number of nitrogens with one attached hydrogen (secondary N) is 1. The maximum Gasteiger partial charge on any atom is 0.230 e. The fourth-order valence-corrected chi connectivity index (χ4v) is 5.55. The second-order valence-electron chi connectivity index (χ2n) is 6.74. The fraction of sp³-hybridized carbons (Fsp3) is 0.471. The van der Waals surface area contributed by atoms with E-state index in [1.165, 1.54) is 11.8 Å². The zero-order valence-corrected chi connectivity index (χ0v) is 15.8. The summed E-state index contributed by atoms with van der Waals surface area (Å²) in [5, 5.41) is 12.1. The standard InChI is InChI=1S/C17H20N4O3S2/c22-15(18-13-8-9-26(23,24)11-13)10-25-17-20-19-16(12-6-7-12)21(17)14-4-2-1-3-5-14/h1-5,12-13H,6-11H2,(H,18,22)/t13-/m0/s1. The Bertz CT molecular complexity index is 907. The van der Waals surface area contributed by atoms with Gasteiger partial charge in [-0.15, -0.1) is 10.2 Å². The minimum Gasteiger partial charge on any atom is -0.352 e. The summed E-state index contributed by atoms with van der Waals surface area (Å²) in [5.41, 5.74) is 0.990. The summed E-state index contributed by atoms with van der Waals surface area (Å²) in [5.74, 6) is 1.59. The lowest BCUT2D eigenvalue weighted by atomic mass is 10.3. The molecule has 0 bridgehead atoms. The summed E-state index contributed by atoms with van der Waals surface area (Å²) in [4.78, 5) is 12.2. The van der Waals surface area contributed by atoms with Crippen LogP contribution in [-0.2, 0) is 14.6 Å². The molecule has 1 aliphatic carbocycles. The van der Waals surface area contributed by atoms with Crippen molar-refractivity contribution in [2.45, 2.75) is 36.4 Å². The first-order chi connectivity index (χ1) is 12.5. The molecule has 9 heteroatoms. The number of rotatable bonds is 6. The molecule has 0 spiro atoms. The van der Waals surface area contributed by atoms with Gasteiger partial charge in [0.15, 0.2) is 15.0 Å². The van der Waals surface area contributed by atoms with Gasteiger partial charge < -0.3 is 5.32 Å². The van der Waals surface area contributed by atoms with Gasteiger partial charge >= 0.3 is 0 Å². The van der Waals surface area contributed by atoms with E-state index in [9.17, 15) is 13.2 Å². The molecule has 7 nitrogen and oxygen atoms in total. The summed E-state index contributed by atoms with van der Waals surface area (Å²) in [6, 6.07) is 9.62. The molecule has 2 fully saturated rings. The maximum atomic E-state index is 12.2. The number of thioether (sulfide) groups is 1. The van der Waals surface area contributed by atoms with Gasteiger partial charge in [0.25, 0.3) is 0 Å². The quantitative estimate of drug-likeness (QED) is 0.750. The van der Waals surface area contributed by atoms with E-state index in [-0.39, 0.29) is 29.2 Å². The molecular formula is C17H20N4O3S2. The van der Waals surface area contributed by atoms with Crippen LogP contribution in [0, 0.1) is 0 Å². The number of para-hydroxylation sites is 1. The molecule has 1 aromatic carbocycles. The van der Waals surface area contributed by atoms with Crippen LogP contribution < -0.4 is 5.32 Å². The number of aromatic nitrogens is 3. The van der Waals surface area contributed by atoms with Gasteiger partial charge in [0.2, 0.25) is 5.91 Å². The SMILES string of the molecule is O=C(CSc1nnc(C2CC2)n1-c1ccccc1)N[C@H]1CCS(=O)(=O)C1. The van der Waals surface area contributed by atoms with Gasteiger partial charge in [-0.25, -0.2) is 8.42 Å². The van der Waals surface area contributed by atoms with Crippen molar-refractivity contribution in [1.82, 2.24) is 20.1 Å². The average molecular weight is 393 g/mol. The van der Waals surface area contributed by atoms with Gasteiger partial charge in [0.05, 0.1) is 17.3 Å². The van der Waals surface area contributed by atoms with Crippen LogP contribution in [0.1, 0.15) is 31.0 Å². The Morgan fingerprint density at radius 3 is 2.62 bits per heavy atom. The highest BCUT2D eigenvalue weighted by molar-refractivity contribution is 7.99. The van der Waals surface area contributed by atoms with Crippen molar-refractivity contribution in [2.75, 3.05) is 17.3 Å². The molecule has 2 aromatic rings. The van der Waals surface area contributed by atoms with E-state index in [2.05, 4.69) is 15.5 Å². The minimum atomic E-state index is -3.00. The Hall–Kier alpha value is -1.87. The molecule has 1 saturated carbocycles. The Kier molecular flexibility index (Phi) is 4.74. The normalized spacial score (nSPS) is 21.6. The highest BCUT2D eigenvalue weighted by Crippen LogP contribution is 2.41. The molecule has 0 unspecified atom stereocenters. The molecule has 0 radical (unpaired) electrons. The molecule has 1 aliphatic heterocycles. The highest BCUT2D eigenvalue weighted by atomic mass is 32.2. The molecular weight excluding hydrogens is 372 g/mol. The van der Waals surface area contributed by atoms with Gasteiger partial charge in [0.1, 0.15) is 5.82 Å². The number of amides is 1. The Morgan fingerprint density at radius 1 is 1.19 bits per heavy atom. The smallest absolute Gasteiger partial charge is 0.230 e. The maximum absolute atomic E-state index is 12.2. The third-order valence-corrected chi connectivity index (χ3v) is 7.24. The van der Waals surface area contributed by atoms with Gasteiger partial charge in [-0.05, 0) is 31.4 Å². The van der Waals surface area contributed by atoms with Crippen LogP contribution >= 0.6 is 11.8 Å². The number of nitrogens with zero attached hydrogens (tertiary/aromatic N) is 3. The number of hydrogen-bond donors (Lipinski definition) is 1. The van der Waals surface area contributed by atoms with E-state index >= 15 is 0 Å². The van der Waals surface area contributed by atoms with Crippen LogP contribution in [0.2, 0.25) is 0 Å². The van der Waals surface area contributed by atoms with Crippen molar-refractivity contribution in [3.63, 3.8) is 0 Å². The third kappa shape index (κ3) is 3.93. The van der Waals surface area contributed by atoms with Gasteiger partial charge in [-0.3, -0.25) is 9.36 Å². The molecule has 1 saturated heterocycles. The number of benzene rings is 1. The molecule has 1 amide bonds. The molecule has 1 N–H and O–H groups in total. The van der Waals surface area contributed by atoms with Crippen molar-refractivity contribution in [3.05, 3.63) is 36.2 Å². The van der Waals surface area contributed by atoms with E-state index < -0.39 is 9.84 Å². The summed E-state index contributed by atoms with van der Waals surface area (Å²) < 4.78 is 25.0. The lowest BCUT2D eigenvalue weighted by Gasteiger charge is -2.12. The topological polar surface area (TPSA) is 93.9 Å². The predicted molar refractivity (Wildman–Crippen MR) is 99.3 cm³/mol. The summed E-state index contributed by atoms with van der Waals surface area (Å²) in [7, 11) is -3.00. The van der Waals surface area contributed by atoms with E-state index in [1.807, 2.05) is 34.9 Å². The lowest BCUT2D eigenvalue weighted by Crippen LogP contribution is -2.36. The predicted octanol–water partition coefficient (Wildman–Crippen LogP) is 1.54. The number of carbonyl (C=O) groups excluding carboxylic acids is 1. The van der Waals surface area contributed by atoms with Crippen molar-refractivity contribution < 1.29 is 13.2 Å². The van der Waals surface area contributed by atoms with Crippen molar-refractivity contribution in [1.29, 1.82) is 0 Å². The first-order valence-corrected chi connectivity index (χ1v) is 11.5. The highest BCUT2D eigenvalue weighted by Gasteiger charge is 2.32.